The number of anilines is 1. The van der Waals surface area contributed by atoms with Crippen molar-refractivity contribution in [1.29, 1.82) is 0 Å². The number of pyridine rings is 2. The number of nitrogens with zero attached hydrogens (tertiary/aromatic N) is 3. The lowest BCUT2D eigenvalue weighted by atomic mass is 10.1. The van der Waals surface area contributed by atoms with Gasteiger partial charge in [0.15, 0.2) is 11.4 Å². The zero-order valence-corrected chi connectivity index (χ0v) is 16.3. The predicted molar refractivity (Wildman–Crippen MR) is 101 cm³/mol. The van der Waals surface area contributed by atoms with Crippen molar-refractivity contribution in [3.8, 4) is 16.9 Å². The number of aromatic nitrogens is 3. The molecule has 0 aliphatic heterocycles. The number of rotatable bonds is 4. The molecule has 0 bridgehead atoms. The van der Waals surface area contributed by atoms with Crippen LogP contribution >= 0.6 is 15.9 Å². The van der Waals surface area contributed by atoms with Gasteiger partial charge in [0.1, 0.15) is 12.4 Å². The van der Waals surface area contributed by atoms with Crippen molar-refractivity contribution in [2.75, 3.05) is 19.4 Å². The number of amides is 1. The summed E-state index contributed by atoms with van der Waals surface area (Å²) in [6, 6.07) is 1.52. The maximum Gasteiger partial charge on any atom is 0.405 e. The van der Waals surface area contributed by atoms with Crippen molar-refractivity contribution in [3.63, 3.8) is 0 Å². The number of carbonyl (C=O) groups is 1. The Morgan fingerprint density at radius 2 is 2.07 bits per heavy atom. The van der Waals surface area contributed by atoms with Gasteiger partial charge in [-0.3, -0.25) is 4.79 Å². The number of carbonyl (C=O) groups excluding carboxylic acids is 1. The van der Waals surface area contributed by atoms with Crippen LogP contribution in [0.5, 0.6) is 5.75 Å². The predicted octanol–water partition coefficient (Wildman–Crippen LogP) is 3.28. The highest BCUT2D eigenvalue weighted by atomic mass is 79.9. The Kier molecular flexibility index (Phi) is 5.20. The zero-order chi connectivity index (χ0) is 20.6. The van der Waals surface area contributed by atoms with Gasteiger partial charge in [-0.15, -0.1) is 0 Å². The van der Waals surface area contributed by atoms with Gasteiger partial charge < -0.3 is 20.4 Å². The number of nitrogens with two attached hydrogens (primary N) is 1. The number of hydrogen-bond donors (Lipinski definition) is 2. The average molecular weight is 458 g/mol. The van der Waals surface area contributed by atoms with E-state index in [9.17, 15) is 18.0 Å². The van der Waals surface area contributed by atoms with Crippen LogP contribution in [0.4, 0.5) is 19.0 Å². The Bertz CT molecular complexity index is 1070. The van der Waals surface area contributed by atoms with E-state index in [0.29, 0.717) is 22.3 Å². The molecule has 0 radical (unpaired) electrons. The third-order valence-electron chi connectivity index (χ3n) is 4.03. The highest BCUT2D eigenvalue weighted by molar-refractivity contribution is 9.10. The largest absolute Gasteiger partial charge is 0.494 e. The molecule has 3 aromatic heterocycles. The molecule has 0 saturated heterocycles. The maximum atomic E-state index is 12.3. The molecule has 0 unspecified atom stereocenters. The molecule has 148 valence electrons. The van der Waals surface area contributed by atoms with Crippen molar-refractivity contribution >= 4 is 38.6 Å². The summed E-state index contributed by atoms with van der Waals surface area (Å²) in [6.45, 7) is -1.46. The Balaban J connectivity index is 2.05. The summed E-state index contributed by atoms with van der Waals surface area (Å²) in [6.07, 6.45) is 0.255. The number of fused-ring (bicyclic) bond motifs is 1. The second-order valence-corrected chi connectivity index (χ2v) is 6.80. The van der Waals surface area contributed by atoms with Crippen LogP contribution in [-0.2, 0) is 7.05 Å². The Morgan fingerprint density at radius 1 is 1.36 bits per heavy atom. The van der Waals surface area contributed by atoms with E-state index in [1.54, 1.807) is 11.5 Å². The number of aryl methyl sites for hydroxylation is 1. The van der Waals surface area contributed by atoms with Crippen molar-refractivity contribution < 1.29 is 22.7 Å². The molecular formula is C17H15BrF3N5O2. The second-order valence-electron chi connectivity index (χ2n) is 5.94. The van der Waals surface area contributed by atoms with E-state index in [1.165, 1.54) is 19.4 Å². The van der Waals surface area contributed by atoms with E-state index in [0.717, 1.165) is 9.99 Å². The van der Waals surface area contributed by atoms with Crippen molar-refractivity contribution in [1.82, 2.24) is 19.9 Å². The molecule has 3 heterocycles. The number of hydrogen-bond acceptors (Lipinski definition) is 5. The van der Waals surface area contributed by atoms with Crippen molar-refractivity contribution in [2.45, 2.75) is 6.18 Å². The van der Waals surface area contributed by atoms with E-state index < -0.39 is 18.6 Å². The number of halogens is 4. The molecule has 0 aliphatic carbocycles. The van der Waals surface area contributed by atoms with E-state index in [1.807, 2.05) is 17.8 Å². The fraction of sp³-hybridized carbons (Fsp3) is 0.235. The van der Waals surface area contributed by atoms with E-state index in [-0.39, 0.29) is 11.4 Å². The number of ether oxygens (including phenoxy) is 1. The van der Waals surface area contributed by atoms with Crippen LogP contribution in [0.1, 0.15) is 10.5 Å². The smallest absolute Gasteiger partial charge is 0.405 e. The van der Waals surface area contributed by atoms with E-state index in [4.69, 9.17) is 10.5 Å². The summed E-state index contributed by atoms with van der Waals surface area (Å²) in [7, 11) is 3.14. The Labute approximate surface area is 165 Å². The third kappa shape index (κ3) is 3.75. The van der Waals surface area contributed by atoms with Crippen molar-refractivity contribution in [2.24, 2.45) is 7.05 Å². The Morgan fingerprint density at radius 3 is 2.71 bits per heavy atom. The summed E-state index contributed by atoms with van der Waals surface area (Å²) in [5.74, 6) is -0.641. The summed E-state index contributed by atoms with van der Waals surface area (Å²) in [5, 5.41) is 2.45. The van der Waals surface area contributed by atoms with Gasteiger partial charge in [-0.25, -0.2) is 9.97 Å². The van der Waals surface area contributed by atoms with Gasteiger partial charge >= 0.3 is 6.18 Å². The van der Waals surface area contributed by atoms with E-state index in [2.05, 4.69) is 25.9 Å². The minimum absolute atomic E-state index is 0.0377. The van der Waals surface area contributed by atoms with E-state index >= 15 is 0 Å². The minimum atomic E-state index is -4.52. The third-order valence-corrected chi connectivity index (χ3v) is 4.61. The van der Waals surface area contributed by atoms with Gasteiger partial charge in [0.05, 0.1) is 22.5 Å². The van der Waals surface area contributed by atoms with Gasteiger partial charge in [-0.2, -0.15) is 13.2 Å². The lowest BCUT2D eigenvalue weighted by Gasteiger charge is -2.11. The molecule has 0 saturated carbocycles. The molecule has 0 spiro atoms. The Hall–Kier alpha value is -2.82. The van der Waals surface area contributed by atoms with Gasteiger partial charge in [-0.05, 0) is 22.0 Å². The monoisotopic (exact) mass is 457 g/mol. The SMILES string of the molecule is COc1cc(-c2cn(C)c3c(Br)cnc(N)c23)cnc1C(=O)NCC(F)(F)F. The second kappa shape index (κ2) is 7.30. The molecule has 0 fully saturated rings. The lowest BCUT2D eigenvalue weighted by Crippen LogP contribution is -2.34. The fourth-order valence-electron chi connectivity index (χ4n) is 2.83. The molecular weight excluding hydrogens is 443 g/mol. The van der Waals surface area contributed by atoms with Gasteiger partial charge in [0, 0.05) is 36.8 Å². The quantitative estimate of drug-likeness (QED) is 0.626. The van der Waals surface area contributed by atoms with Gasteiger partial charge in [-0.1, -0.05) is 0 Å². The van der Waals surface area contributed by atoms with Crippen LogP contribution in [0.15, 0.2) is 29.1 Å². The maximum absolute atomic E-state index is 12.3. The lowest BCUT2D eigenvalue weighted by molar-refractivity contribution is -0.123. The molecule has 11 heteroatoms. The normalized spacial score (nSPS) is 11.6. The van der Waals surface area contributed by atoms with Gasteiger partial charge in [0.25, 0.3) is 5.91 Å². The van der Waals surface area contributed by atoms with Crippen LogP contribution in [0.3, 0.4) is 0 Å². The number of nitrogens with one attached hydrogen (secondary N) is 1. The number of methoxy groups -OCH3 is 1. The van der Waals surface area contributed by atoms with Crippen LogP contribution in [0, 0.1) is 0 Å². The first kappa shape index (κ1) is 19.9. The number of alkyl halides is 3. The molecule has 7 nitrogen and oxygen atoms in total. The fourth-order valence-corrected chi connectivity index (χ4v) is 3.41. The molecule has 3 rings (SSSR count). The molecule has 3 N–H and O–H groups in total. The van der Waals surface area contributed by atoms with Crippen LogP contribution in [0.2, 0.25) is 0 Å². The van der Waals surface area contributed by atoms with Gasteiger partial charge in [0.2, 0.25) is 0 Å². The molecule has 0 aromatic carbocycles. The van der Waals surface area contributed by atoms with Crippen LogP contribution in [0.25, 0.3) is 22.0 Å². The molecule has 3 aromatic rings. The van der Waals surface area contributed by atoms with Crippen LogP contribution < -0.4 is 15.8 Å². The highest BCUT2D eigenvalue weighted by Gasteiger charge is 2.29. The summed E-state index contributed by atoms with van der Waals surface area (Å²) >= 11 is 3.44. The summed E-state index contributed by atoms with van der Waals surface area (Å²) in [5.41, 5.74) is 7.87. The molecule has 28 heavy (non-hydrogen) atoms. The molecule has 0 atom stereocenters. The average Bonchev–Trinajstić information content (AvgIpc) is 3.00. The minimum Gasteiger partial charge on any atom is -0.494 e. The summed E-state index contributed by atoms with van der Waals surface area (Å²) in [4.78, 5) is 20.2. The summed E-state index contributed by atoms with van der Waals surface area (Å²) < 4.78 is 44.8. The first-order valence-electron chi connectivity index (χ1n) is 7.90. The van der Waals surface area contributed by atoms with Crippen LogP contribution in [-0.4, -0.2) is 40.3 Å². The molecule has 0 aliphatic rings. The zero-order valence-electron chi connectivity index (χ0n) is 14.8. The topological polar surface area (TPSA) is 95.1 Å². The number of nitrogen functional groups attached to an aromatic ring is 1. The first-order valence-corrected chi connectivity index (χ1v) is 8.70. The first-order chi connectivity index (χ1) is 13.1. The molecule has 1 amide bonds. The standard InChI is InChI=1S/C17H15BrF3N5O2/c1-26-6-9(12-14(26)10(18)5-24-15(12)22)8-3-11(28-2)13(23-4-8)16(27)25-7-17(19,20)21/h3-6H,7H2,1-2H3,(H2,22,24)(H,25,27). The highest BCUT2D eigenvalue weighted by Crippen LogP contribution is 2.37. The van der Waals surface area contributed by atoms with Crippen molar-refractivity contribution in [3.05, 3.63) is 34.8 Å².